The van der Waals surface area contributed by atoms with E-state index >= 15 is 0 Å². The van der Waals surface area contributed by atoms with Crippen LogP contribution in [0, 0.1) is 0 Å². The van der Waals surface area contributed by atoms with Crippen molar-refractivity contribution in [1.82, 2.24) is 0 Å². The molecule has 0 fully saturated rings. The Labute approximate surface area is 87.3 Å². The highest BCUT2D eigenvalue weighted by molar-refractivity contribution is 5.77. The van der Waals surface area contributed by atoms with Crippen LogP contribution in [-0.2, 0) is 0 Å². The van der Waals surface area contributed by atoms with Crippen LogP contribution in [0.15, 0.2) is 39.5 Å². The maximum absolute atomic E-state index is 11.5. The second-order valence-electron chi connectivity index (χ2n) is 3.60. The van der Waals surface area contributed by atoms with Gasteiger partial charge in [-0.05, 0) is 26.0 Å². The first-order valence-corrected chi connectivity index (χ1v) is 4.86. The molecule has 1 heterocycles. The zero-order valence-corrected chi connectivity index (χ0v) is 8.69. The van der Waals surface area contributed by atoms with Crippen LogP contribution < -0.4 is 10.4 Å². The molecule has 3 nitrogen and oxygen atoms in total. The normalized spacial score (nSPS) is 10.9. The molecule has 0 unspecified atom stereocenters. The predicted octanol–water partition coefficient (Wildman–Crippen LogP) is 2.58. The summed E-state index contributed by atoms with van der Waals surface area (Å²) in [5.74, 6) is 0.267. The first kappa shape index (κ1) is 9.77. The van der Waals surface area contributed by atoms with Crippen molar-refractivity contribution in [2.75, 3.05) is 0 Å². The van der Waals surface area contributed by atoms with Gasteiger partial charge in [-0.25, -0.2) is 4.79 Å². The highest BCUT2D eigenvalue weighted by Crippen LogP contribution is 2.16. The fourth-order valence-corrected chi connectivity index (χ4v) is 1.38. The Hall–Kier alpha value is -1.77. The van der Waals surface area contributed by atoms with E-state index in [9.17, 15) is 4.79 Å². The second-order valence-corrected chi connectivity index (χ2v) is 3.60. The third-order valence-electron chi connectivity index (χ3n) is 1.97. The van der Waals surface area contributed by atoms with Crippen LogP contribution in [0.5, 0.6) is 5.75 Å². The van der Waals surface area contributed by atoms with Crippen molar-refractivity contribution in [2.24, 2.45) is 0 Å². The molecule has 0 amide bonds. The van der Waals surface area contributed by atoms with Gasteiger partial charge in [-0.15, -0.1) is 0 Å². The number of hydrogen-bond acceptors (Lipinski definition) is 3. The summed E-state index contributed by atoms with van der Waals surface area (Å²) < 4.78 is 10.5. The van der Waals surface area contributed by atoms with Crippen molar-refractivity contribution >= 4 is 11.0 Å². The molecule has 0 aliphatic rings. The van der Waals surface area contributed by atoms with E-state index in [1.54, 1.807) is 12.1 Å². The second kappa shape index (κ2) is 3.77. The topological polar surface area (TPSA) is 39.4 Å². The lowest BCUT2D eigenvalue weighted by Gasteiger charge is -2.08. The maximum Gasteiger partial charge on any atom is 0.379 e. The first-order valence-electron chi connectivity index (χ1n) is 4.86. The standard InChI is InChI=1S/C12H12O3/c1-8(2)14-11-7-9-5-3-4-6-10(9)15-12(11)13/h3-8H,1-2H3. The van der Waals surface area contributed by atoms with Crippen molar-refractivity contribution in [3.63, 3.8) is 0 Å². The SMILES string of the molecule is CC(C)Oc1cc2ccccc2oc1=O. The molecule has 0 atom stereocenters. The molecule has 3 heteroatoms. The monoisotopic (exact) mass is 204 g/mol. The molecule has 2 aromatic rings. The van der Waals surface area contributed by atoms with Gasteiger partial charge in [-0.1, -0.05) is 18.2 Å². The average Bonchev–Trinajstić information content (AvgIpc) is 2.18. The van der Waals surface area contributed by atoms with Gasteiger partial charge in [-0.3, -0.25) is 0 Å². The molecule has 0 spiro atoms. The molecule has 78 valence electrons. The Morgan fingerprint density at radius 1 is 1.27 bits per heavy atom. The molecule has 0 aliphatic carbocycles. The molecule has 1 aromatic carbocycles. The lowest BCUT2D eigenvalue weighted by molar-refractivity contribution is 0.232. The number of benzene rings is 1. The Balaban J connectivity index is 2.57. The quantitative estimate of drug-likeness (QED) is 0.706. The van der Waals surface area contributed by atoms with E-state index in [4.69, 9.17) is 9.15 Å². The Morgan fingerprint density at radius 3 is 2.73 bits per heavy atom. The highest BCUT2D eigenvalue weighted by Gasteiger charge is 2.06. The third kappa shape index (κ3) is 2.01. The number of hydrogen-bond donors (Lipinski definition) is 0. The minimum absolute atomic E-state index is 0.0333. The van der Waals surface area contributed by atoms with Gasteiger partial charge < -0.3 is 9.15 Å². The van der Waals surface area contributed by atoms with Crippen LogP contribution in [0.1, 0.15) is 13.8 Å². The van der Waals surface area contributed by atoms with Gasteiger partial charge in [0.05, 0.1) is 6.10 Å². The van der Waals surface area contributed by atoms with E-state index in [0.29, 0.717) is 5.58 Å². The maximum atomic E-state index is 11.5. The molecule has 0 saturated carbocycles. The summed E-state index contributed by atoms with van der Waals surface area (Å²) in [7, 11) is 0. The first-order chi connectivity index (χ1) is 7.16. The van der Waals surface area contributed by atoms with Gasteiger partial charge in [0.25, 0.3) is 0 Å². The van der Waals surface area contributed by atoms with Gasteiger partial charge in [0, 0.05) is 5.39 Å². The van der Waals surface area contributed by atoms with Gasteiger partial charge in [0.1, 0.15) is 5.58 Å². The minimum atomic E-state index is -0.428. The lowest BCUT2D eigenvalue weighted by Crippen LogP contribution is -2.12. The zero-order valence-electron chi connectivity index (χ0n) is 8.69. The van der Waals surface area contributed by atoms with Crippen LogP contribution in [0.2, 0.25) is 0 Å². The third-order valence-corrected chi connectivity index (χ3v) is 1.97. The van der Waals surface area contributed by atoms with Gasteiger partial charge in [0.2, 0.25) is 5.75 Å². The molecule has 0 aliphatic heterocycles. The van der Waals surface area contributed by atoms with Crippen LogP contribution in [0.25, 0.3) is 11.0 Å². The van der Waals surface area contributed by atoms with Crippen LogP contribution in [0.3, 0.4) is 0 Å². The van der Waals surface area contributed by atoms with Crippen LogP contribution in [-0.4, -0.2) is 6.10 Å². The van der Waals surface area contributed by atoms with E-state index < -0.39 is 5.63 Å². The van der Waals surface area contributed by atoms with Crippen molar-refractivity contribution in [3.8, 4) is 5.75 Å². The zero-order chi connectivity index (χ0) is 10.8. The Bertz CT molecular complexity index is 526. The molecule has 0 N–H and O–H groups in total. The van der Waals surface area contributed by atoms with Crippen LogP contribution in [0.4, 0.5) is 0 Å². The van der Waals surface area contributed by atoms with E-state index in [1.165, 1.54) is 0 Å². The predicted molar refractivity (Wildman–Crippen MR) is 58.2 cm³/mol. The molecule has 15 heavy (non-hydrogen) atoms. The summed E-state index contributed by atoms with van der Waals surface area (Å²) in [4.78, 5) is 11.5. The van der Waals surface area contributed by atoms with Crippen LogP contribution >= 0.6 is 0 Å². The van der Waals surface area contributed by atoms with E-state index in [-0.39, 0.29) is 11.9 Å². The Morgan fingerprint density at radius 2 is 2.00 bits per heavy atom. The number of fused-ring (bicyclic) bond motifs is 1. The van der Waals surface area contributed by atoms with Crippen molar-refractivity contribution in [2.45, 2.75) is 20.0 Å². The Kier molecular flexibility index (Phi) is 2.46. The average molecular weight is 204 g/mol. The fraction of sp³-hybridized carbons (Fsp3) is 0.250. The summed E-state index contributed by atoms with van der Waals surface area (Å²) in [5, 5.41) is 0.868. The smallest absolute Gasteiger partial charge is 0.379 e. The summed E-state index contributed by atoms with van der Waals surface area (Å²) in [6, 6.07) is 9.07. The van der Waals surface area contributed by atoms with Gasteiger partial charge >= 0.3 is 5.63 Å². The molecular formula is C12H12O3. The molecule has 2 rings (SSSR count). The number of ether oxygens (including phenoxy) is 1. The summed E-state index contributed by atoms with van der Waals surface area (Å²) in [5.41, 5.74) is 0.154. The molecule has 0 saturated heterocycles. The summed E-state index contributed by atoms with van der Waals surface area (Å²) in [6.07, 6.45) is -0.0333. The summed E-state index contributed by atoms with van der Waals surface area (Å²) >= 11 is 0. The van der Waals surface area contributed by atoms with Crippen molar-refractivity contribution < 1.29 is 9.15 Å². The number of rotatable bonds is 2. The molecule has 0 bridgehead atoms. The van der Waals surface area contributed by atoms with E-state index in [0.717, 1.165) is 5.39 Å². The number of para-hydroxylation sites is 1. The molecule has 1 aromatic heterocycles. The van der Waals surface area contributed by atoms with Gasteiger partial charge in [-0.2, -0.15) is 0 Å². The highest BCUT2D eigenvalue weighted by atomic mass is 16.5. The summed E-state index contributed by atoms with van der Waals surface area (Å²) in [6.45, 7) is 3.74. The lowest BCUT2D eigenvalue weighted by atomic mass is 10.2. The minimum Gasteiger partial charge on any atom is -0.484 e. The van der Waals surface area contributed by atoms with Crippen molar-refractivity contribution in [1.29, 1.82) is 0 Å². The van der Waals surface area contributed by atoms with E-state index in [2.05, 4.69) is 0 Å². The molecule has 0 radical (unpaired) electrons. The fourth-order valence-electron chi connectivity index (χ4n) is 1.38. The largest absolute Gasteiger partial charge is 0.484 e. The molecular weight excluding hydrogens is 192 g/mol. The van der Waals surface area contributed by atoms with Gasteiger partial charge in [0.15, 0.2) is 0 Å². The van der Waals surface area contributed by atoms with Crippen molar-refractivity contribution in [3.05, 3.63) is 40.8 Å². The van der Waals surface area contributed by atoms with E-state index in [1.807, 2.05) is 32.0 Å².